The van der Waals surface area contributed by atoms with Gasteiger partial charge in [-0.25, -0.2) is 0 Å². The molecule has 3 atom stereocenters. The Morgan fingerprint density at radius 3 is 2.63 bits per heavy atom. The molecule has 0 aromatic heterocycles. The highest BCUT2D eigenvalue weighted by Crippen LogP contribution is 2.56. The van der Waals surface area contributed by atoms with Gasteiger partial charge in [-0.15, -0.1) is 23.5 Å². The van der Waals surface area contributed by atoms with Gasteiger partial charge < -0.3 is 14.3 Å². The van der Waals surface area contributed by atoms with E-state index in [2.05, 4.69) is 56.4 Å². The van der Waals surface area contributed by atoms with E-state index in [-0.39, 0.29) is 21.7 Å². The van der Waals surface area contributed by atoms with Gasteiger partial charge in [0.25, 0.3) is 0 Å². The van der Waals surface area contributed by atoms with Crippen LogP contribution in [0.25, 0.3) is 0 Å². The van der Waals surface area contributed by atoms with Crippen molar-refractivity contribution >= 4 is 29.8 Å². The lowest BCUT2D eigenvalue weighted by atomic mass is 9.79. The van der Waals surface area contributed by atoms with E-state index in [1.54, 1.807) is 0 Å². The van der Waals surface area contributed by atoms with E-state index < -0.39 is 0 Å². The second kappa shape index (κ2) is 9.34. The molecule has 2 aliphatic heterocycles. The average molecular weight is 409 g/mol. The number of hydrogen-bond donors (Lipinski definition) is 0. The molecule has 3 nitrogen and oxygen atoms in total. The Hall–Kier alpha value is -0.490. The molecule has 0 bridgehead atoms. The summed E-state index contributed by atoms with van der Waals surface area (Å²) in [6.07, 6.45) is 3.92. The summed E-state index contributed by atoms with van der Waals surface area (Å²) in [6.45, 7) is 8.03. The van der Waals surface area contributed by atoms with Gasteiger partial charge in [0.2, 0.25) is 0 Å². The fraction of sp³-hybridized carbons (Fsp3) is 0.682. The molecule has 1 spiro atoms. The van der Waals surface area contributed by atoms with Crippen LogP contribution in [-0.4, -0.2) is 40.7 Å². The van der Waals surface area contributed by atoms with Crippen LogP contribution in [0.2, 0.25) is 0 Å². The second-order valence-corrected chi connectivity index (χ2v) is 11.5. The van der Waals surface area contributed by atoms with Crippen LogP contribution < -0.4 is 0 Å². The fourth-order valence-corrected chi connectivity index (χ4v) is 7.64. The highest BCUT2D eigenvalue weighted by molar-refractivity contribution is 8.18. The first-order valence-corrected chi connectivity index (χ1v) is 11.9. The number of hydrogen-bond acceptors (Lipinski definition) is 5. The molecule has 0 aliphatic carbocycles. The maximum absolute atomic E-state index is 11.3. The molecule has 2 heterocycles. The molecule has 3 rings (SSSR count). The van der Waals surface area contributed by atoms with Crippen LogP contribution in [0.3, 0.4) is 0 Å². The van der Waals surface area contributed by atoms with E-state index in [4.69, 9.17) is 9.47 Å². The Balaban J connectivity index is 1.67. The maximum Gasteiger partial charge on any atom is 0.122 e. The molecule has 1 aromatic carbocycles. The standard InChI is InChI=1S/C22H32O3S2/c1-17-19(10-11-23)25-20(14-22(17)26-12-7-13-27-22)21(2,3)16-24-15-18-8-5-4-6-9-18/h4-6,8-9,11,17,19-20H,7,10,12-16H2,1-3H3/t17-,19+,20+/m1/s1. The second-order valence-electron chi connectivity index (χ2n) is 8.39. The molecule has 2 aliphatic rings. The first kappa shape index (κ1) is 21.2. The third-order valence-corrected chi connectivity index (χ3v) is 9.57. The van der Waals surface area contributed by atoms with Crippen LogP contribution in [0.1, 0.15) is 45.6 Å². The summed E-state index contributed by atoms with van der Waals surface area (Å²) in [6, 6.07) is 10.3. The zero-order valence-electron chi connectivity index (χ0n) is 16.7. The largest absolute Gasteiger partial charge is 0.376 e. The van der Waals surface area contributed by atoms with Gasteiger partial charge in [-0.05, 0) is 29.9 Å². The first-order valence-electron chi connectivity index (χ1n) is 9.95. The number of rotatable bonds is 7. The summed E-state index contributed by atoms with van der Waals surface area (Å²) in [7, 11) is 0. The molecule has 2 fully saturated rings. The lowest BCUT2D eigenvalue weighted by Crippen LogP contribution is -2.54. The van der Waals surface area contributed by atoms with Crippen molar-refractivity contribution in [3.63, 3.8) is 0 Å². The van der Waals surface area contributed by atoms with Crippen molar-refractivity contribution < 1.29 is 14.3 Å². The number of benzene rings is 1. The minimum Gasteiger partial charge on any atom is -0.376 e. The fourth-order valence-electron chi connectivity index (χ4n) is 3.99. The van der Waals surface area contributed by atoms with Gasteiger partial charge in [0, 0.05) is 17.8 Å². The van der Waals surface area contributed by atoms with Crippen molar-refractivity contribution in [3.05, 3.63) is 35.9 Å². The maximum atomic E-state index is 11.3. The highest BCUT2D eigenvalue weighted by Gasteiger charge is 2.52. The zero-order chi connectivity index (χ0) is 19.3. The van der Waals surface area contributed by atoms with Crippen molar-refractivity contribution in [2.75, 3.05) is 18.1 Å². The van der Waals surface area contributed by atoms with Gasteiger partial charge in [0.05, 0.1) is 29.5 Å². The summed E-state index contributed by atoms with van der Waals surface area (Å²) in [5.41, 5.74) is 1.10. The Morgan fingerprint density at radius 1 is 1.26 bits per heavy atom. The molecule has 5 heteroatoms. The number of carbonyl (C=O) groups excluding carboxylic acids is 1. The number of aldehydes is 1. The SMILES string of the molecule is C[C@@H]1[C@H](CC=O)O[C@H](C(C)(C)COCc2ccccc2)CC12SCCCS2. The van der Waals surface area contributed by atoms with Gasteiger partial charge in [-0.2, -0.15) is 0 Å². The Bertz CT molecular complexity index is 599. The van der Waals surface area contributed by atoms with Crippen molar-refractivity contribution in [1.82, 2.24) is 0 Å². The molecule has 0 unspecified atom stereocenters. The van der Waals surface area contributed by atoms with Crippen LogP contribution >= 0.6 is 23.5 Å². The molecule has 1 aromatic rings. The van der Waals surface area contributed by atoms with E-state index in [1.807, 2.05) is 18.2 Å². The average Bonchev–Trinajstić information content (AvgIpc) is 2.67. The molecule has 150 valence electrons. The van der Waals surface area contributed by atoms with E-state index in [0.29, 0.717) is 25.6 Å². The molecular formula is C22H32O3S2. The van der Waals surface area contributed by atoms with Crippen molar-refractivity contribution in [2.24, 2.45) is 11.3 Å². The van der Waals surface area contributed by atoms with E-state index in [1.165, 1.54) is 23.5 Å². The lowest BCUT2D eigenvalue weighted by molar-refractivity contribution is -0.149. The van der Waals surface area contributed by atoms with E-state index in [9.17, 15) is 4.79 Å². The Kier molecular flexibility index (Phi) is 7.34. The molecule has 2 saturated heterocycles. The smallest absolute Gasteiger partial charge is 0.122 e. The van der Waals surface area contributed by atoms with Crippen molar-refractivity contribution in [3.8, 4) is 0 Å². The normalized spacial score (nSPS) is 28.2. The Morgan fingerprint density at radius 2 is 1.96 bits per heavy atom. The molecule has 0 saturated carbocycles. The monoisotopic (exact) mass is 408 g/mol. The van der Waals surface area contributed by atoms with Crippen LogP contribution in [0.4, 0.5) is 0 Å². The quantitative estimate of drug-likeness (QED) is 0.581. The van der Waals surface area contributed by atoms with Crippen LogP contribution in [0.5, 0.6) is 0 Å². The number of ether oxygens (including phenoxy) is 2. The summed E-state index contributed by atoms with van der Waals surface area (Å²) < 4.78 is 12.7. The van der Waals surface area contributed by atoms with Crippen LogP contribution in [0.15, 0.2) is 30.3 Å². The van der Waals surface area contributed by atoms with E-state index >= 15 is 0 Å². The van der Waals surface area contributed by atoms with Crippen LogP contribution in [-0.2, 0) is 20.9 Å². The molecule has 0 amide bonds. The van der Waals surface area contributed by atoms with Gasteiger partial charge >= 0.3 is 0 Å². The molecule has 27 heavy (non-hydrogen) atoms. The van der Waals surface area contributed by atoms with Crippen molar-refractivity contribution in [1.29, 1.82) is 0 Å². The summed E-state index contributed by atoms with van der Waals surface area (Å²) in [5.74, 6) is 2.81. The minimum atomic E-state index is -0.0956. The topological polar surface area (TPSA) is 35.5 Å². The lowest BCUT2D eigenvalue weighted by Gasteiger charge is -2.53. The van der Waals surface area contributed by atoms with Crippen LogP contribution in [0, 0.1) is 11.3 Å². The predicted molar refractivity (Wildman–Crippen MR) is 115 cm³/mol. The first-order chi connectivity index (χ1) is 13.0. The minimum absolute atomic E-state index is 0.00717. The van der Waals surface area contributed by atoms with Gasteiger partial charge in [-0.3, -0.25) is 0 Å². The summed E-state index contributed by atoms with van der Waals surface area (Å²) in [5, 5.41) is 0. The van der Waals surface area contributed by atoms with Gasteiger partial charge in [0.15, 0.2) is 0 Å². The molecule has 0 radical (unpaired) electrons. The summed E-state index contributed by atoms with van der Waals surface area (Å²) in [4.78, 5) is 11.3. The van der Waals surface area contributed by atoms with Gasteiger partial charge in [0.1, 0.15) is 6.29 Å². The van der Waals surface area contributed by atoms with Gasteiger partial charge in [-0.1, -0.05) is 51.1 Å². The van der Waals surface area contributed by atoms with Crippen molar-refractivity contribution in [2.45, 2.75) is 62.9 Å². The number of carbonyl (C=O) groups is 1. The zero-order valence-corrected chi connectivity index (χ0v) is 18.3. The molecule has 0 N–H and O–H groups in total. The molecular weight excluding hydrogens is 376 g/mol. The third-order valence-electron chi connectivity index (χ3n) is 5.83. The predicted octanol–water partition coefficient (Wildman–Crippen LogP) is 5.18. The number of thioether (sulfide) groups is 2. The van der Waals surface area contributed by atoms with E-state index in [0.717, 1.165) is 12.7 Å². The Labute approximate surface area is 172 Å². The summed E-state index contributed by atoms with van der Waals surface area (Å²) >= 11 is 4.18. The highest BCUT2D eigenvalue weighted by atomic mass is 32.2. The third kappa shape index (κ3) is 5.11.